The van der Waals surface area contributed by atoms with Gasteiger partial charge in [0.05, 0.1) is 35.4 Å². The van der Waals surface area contributed by atoms with Gasteiger partial charge in [0.15, 0.2) is 34.6 Å². The number of pyridine rings is 4. The quantitative estimate of drug-likeness (QED) is 0.0761. The number of carbonyl (C=O) groups excluding carboxylic acids is 2. The number of nitrogen functional groups attached to an aromatic ring is 2. The Morgan fingerprint density at radius 1 is 0.600 bits per heavy atom. The number of carbonyl (C=O) groups is 2. The molecular formula is C63H64N18O4. The molecule has 7 N–H and O–H groups in total. The minimum atomic E-state index is -0.555. The molecule has 10 heterocycles. The Morgan fingerprint density at radius 3 is 1.52 bits per heavy atom. The third-order valence-electron chi connectivity index (χ3n) is 16.8. The molecule has 4 aliphatic rings. The molecular weight excluding hydrogens is 1070 g/mol. The molecule has 0 spiro atoms. The van der Waals surface area contributed by atoms with E-state index in [4.69, 9.17) is 36.1 Å². The lowest BCUT2D eigenvalue weighted by atomic mass is 10.0. The zero-order chi connectivity index (χ0) is 58.3. The molecule has 0 saturated carbocycles. The Labute approximate surface area is 489 Å². The maximum atomic E-state index is 12.0. The molecule has 8 aromatic heterocycles. The first-order valence-corrected chi connectivity index (χ1v) is 28.6. The molecule has 0 bridgehead atoms. The Kier molecular flexibility index (Phi) is 14.8. The van der Waals surface area contributed by atoms with Crippen LogP contribution < -0.4 is 22.1 Å². The highest BCUT2D eigenvalue weighted by Gasteiger charge is 2.37. The molecule has 2 aliphatic carbocycles. The molecule has 10 aromatic rings. The molecule has 2 aliphatic heterocycles. The summed E-state index contributed by atoms with van der Waals surface area (Å²) in [6, 6.07) is 32.0. The fraction of sp³-hybridized carbons (Fsp3) is 0.270. The van der Waals surface area contributed by atoms with Crippen LogP contribution in [0.5, 0.6) is 0 Å². The minimum Gasteiger partial charge on any atom is -0.391 e. The number of nitrogens with two attached hydrogens (primary N) is 2. The van der Waals surface area contributed by atoms with Crippen LogP contribution in [-0.4, -0.2) is 143 Å². The number of aliphatic hydroxyl groups is 1. The van der Waals surface area contributed by atoms with Gasteiger partial charge in [-0.15, -0.1) is 0 Å². The maximum absolute atomic E-state index is 12.0. The summed E-state index contributed by atoms with van der Waals surface area (Å²) in [5.41, 5.74) is 23.3. The van der Waals surface area contributed by atoms with Gasteiger partial charge in [-0.2, -0.15) is 10.2 Å². The summed E-state index contributed by atoms with van der Waals surface area (Å²) < 4.78 is 13.5. The minimum absolute atomic E-state index is 0.00220. The van der Waals surface area contributed by atoms with Crippen molar-refractivity contribution in [2.24, 2.45) is 0 Å². The van der Waals surface area contributed by atoms with E-state index in [1.54, 1.807) is 41.3 Å². The van der Waals surface area contributed by atoms with E-state index in [1.807, 2.05) is 98.1 Å². The topological polar surface area (TPSA) is 269 Å². The molecule has 2 amide bonds. The molecule has 22 nitrogen and oxygen atoms in total. The highest BCUT2D eigenvalue weighted by molar-refractivity contribution is 5.88. The van der Waals surface area contributed by atoms with E-state index in [0.717, 1.165) is 78.8 Å². The number of rotatable bonds is 13. The molecule has 22 heteroatoms. The van der Waals surface area contributed by atoms with Crippen molar-refractivity contribution in [3.05, 3.63) is 182 Å². The summed E-state index contributed by atoms with van der Waals surface area (Å²) in [6.45, 7) is 10.0. The first kappa shape index (κ1) is 54.5. The van der Waals surface area contributed by atoms with Crippen LogP contribution in [-0.2, 0) is 27.2 Å². The van der Waals surface area contributed by atoms with Gasteiger partial charge in [-0.05, 0) is 145 Å². The van der Waals surface area contributed by atoms with E-state index in [1.165, 1.54) is 23.3 Å². The summed E-state index contributed by atoms with van der Waals surface area (Å²) in [7, 11) is 1.77. The second-order valence-electron chi connectivity index (χ2n) is 21.8. The van der Waals surface area contributed by atoms with Crippen LogP contribution in [0.25, 0.3) is 68.1 Å². The Morgan fingerprint density at radius 2 is 1.07 bits per heavy atom. The van der Waals surface area contributed by atoms with Crippen LogP contribution in [0.1, 0.15) is 60.0 Å². The number of amides is 2. The van der Waals surface area contributed by atoms with Gasteiger partial charge in [-0.25, -0.2) is 39.3 Å². The number of benzene rings is 2. The number of hydrogen-bond acceptors (Lipinski definition) is 16. The number of nitrogens with zero attached hydrogens (tertiary/aromatic N) is 14. The van der Waals surface area contributed by atoms with Gasteiger partial charge < -0.3 is 41.7 Å². The van der Waals surface area contributed by atoms with Crippen LogP contribution in [0, 0.1) is 0 Å². The van der Waals surface area contributed by atoms with Gasteiger partial charge in [0.1, 0.15) is 22.7 Å². The van der Waals surface area contributed by atoms with Gasteiger partial charge in [-0.3, -0.25) is 18.7 Å². The van der Waals surface area contributed by atoms with Gasteiger partial charge >= 0.3 is 0 Å². The molecule has 85 heavy (non-hydrogen) atoms. The van der Waals surface area contributed by atoms with Crippen molar-refractivity contribution in [1.29, 1.82) is 0 Å². The van der Waals surface area contributed by atoms with Crippen LogP contribution in [0.4, 0.5) is 11.6 Å². The summed E-state index contributed by atoms with van der Waals surface area (Å²) in [4.78, 5) is 56.1. The largest absolute Gasteiger partial charge is 0.391 e. The molecule has 2 saturated heterocycles. The Bertz CT molecular complexity index is 4120. The van der Waals surface area contributed by atoms with Gasteiger partial charge in [-0.1, -0.05) is 25.3 Å². The van der Waals surface area contributed by atoms with Crippen molar-refractivity contribution < 1.29 is 19.4 Å². The van der Waals surface area contributed by atoms with Gasteiger partial charge in [0, 0.05) is 107 Å². The number of methoxy groups -OCH3 is 1. The number of hydrogen-bond donors (Lipinski definition) is 5. The fourth-order valence-electron chi connectivity index (χ4n) is 12.4. The standard InChI is InChI=1S/C32H33N9O2.C31H31N9O2/c1-3-28(42)39-16-11-21(12-17-39)36-29-23-8-7-22(18-20(23)19-26(29)43-2)41-31(24-6-4-13-34-30(24)33)37-25-9-10-27(38-32(25)41)40-15-5-14-35-40;1-2-27(42)38-15-10-20(11-16-38)35-28-22-7-6-21(17-19(22)18-25(28)41)40-30(23-5-3-12-33-29(23)32)36-24-8-9-26(37-31(24)40)39-14-4-13-34-39/h3-10,13-15,18,21,26,29,36H,1,11-12,16-17,19H2,2H3,(H2,33,34);2-9,12-14,17,20,25,28,35,41H,1,10-11,15-16,18H2,(H2,32,33). The van der Waals surface area contributed by atoms with Crippen molar-refractivity contribution >= 4 is 45.8 Å². The molecule has 430 valence electrons. The molecule has 2 fully saturated rings. The number of fused-ring (bicyclic) bond motifs is 4. The summed E-state index contributed by atoms with van der Waals surface area (Å²) in [5, 5.41) is 27.3. The number of aliphatic hydroxyl groups excluding tert-OH is 1. The molecule has 4 atom stereocenters. The van der Waals surface area contributed by atoms with E-state index in [2.05, 4.69) is 74.3 Å². The normalized spacial score (nSPS) is 18.8. The zero-order valence-corrected chi connectivity index (χ0v) is 46.9. The SMILES string of the molecule is C=CC(=O)N1CCC(NC2c3ccc(-n4c(-c5cccnc5N)nc5ccc(-n6cccn6)nc54)cc3CC2O)CC1.C=CC(=O)N1CCC(NC2c3ccc(-n4c(-c5cccnc5N)nc5ccc(-n6cccn6)nc54)cc3CC2OC)CC1. The van der Waals surface area contributed by atoms with Crippen molar-refractivity contribution in [1.82, 2.24) is 79.0 Å². The van der Waals surface area contributed by atoms with E-state index < -0.39 is 6.10 Å². The monoisotopic (exact) mass is 1140 g/mol. The molecule has 0 radical (unpaired) electrons. The lowest BCUT2D eigenvalue weighted by Crippen LogP contribution is -2.46. The van der Waals surface area contributed by atoms with Crippen molar-refractivity contribution in [2.75, 3.05) is 44.8 Å². The predicted octanol–water partition coefficient (Wildman–Crippen LogP) is 6.60. The van der Waals surface area contributed by atoms with E-state index in [-0.39, 0.29) is 36.0 Å². The summed E-state index contributed by atoms with van der Waals surface area (Å²) in [6.07, 6.45) is 17.4. The molecule has 14 rings (SSSR count). The number of piperidine rings is 2. The first-order chi connectivity index (χ1) is 41.5. The predicted molar refractivity (Wildman–Crippen MR) is 323 cm³/mol. The summed E-state index contributed by atoms with van der Waals surface area (Å²) >= 11 is 0. The second-order valence-corrected chi connectivity index (χ2v) is 21.8. The molecule has 4 unspecified atom stereocenters. The van der Waals surface area contributed by atoms with E-state index >= 15 is 0 Å². The van der Waals surface area contributed by atoms with Crippen molar-refractivity contribution in [3.63, 3.8) is 0 Å². The highest BCUT2D eigenvalue weighted by atomic mass is 16.5. The number of nitrogens with one attached hydrogen (secondary N) is 2. The number of anilines is 2. The zero-order valence-electron chi connectivity index (χ0n) is 46.9. The van der Waals surface area contributed by atoms with Crippen LogP contribution >= 0.6 is 0 Å². The molecule has 2 aromatic carbocycles. The third-order valence-corrected chi connectivity index (χ3v) is 16.8. The van der Waals surface area contributed by atoms with Crippen molar-refractivity contribution in [2.45, 2.75) is 74.9 Å². The number of aromatic nitrogens is 12. The number of ether oxygens (including phenoxy) is 1. The second kappa shape index (κ2) is 23.1. The van der Waals surface area contributed by atoms with Crippen molar-refractivity contribution in [3.8, 4) is 45.8 Å². The number of likely N-dealkylation sites (tertiary alicyclic amines) is 2. The highest BCUT2D eigenvalue weighted by Crippen LogP contribution is 2.40. The van der Waals surface area contributed by atoms with Crippen LogP contribution in [0.15, 0.2) is 160 Å². The van der Waals surface area contributed by atoms with Crippen LogP contribution in [0.2, 0.25) is 0 Å². The van der Waals surface area contributed by atoms with Gasteiger partial charge in [0.2, 0.25) is 11.8 Å². The average molecular weight is 1140 g/mol. The fourth-order valence-corrected chi connectivity index (χ4v) is 12.4. The maximum Gasteiger partial charge on any atom is 0.245 e. The van der Waals surface area contributed by atoms with Crippen LogP contribution in [0.3, 0.4) is 0 Å². The first-order valence-electron chi connectivity index (χ1n) is 28.6. The Hall–Kier alpha value is -9.74. The summed E-state index contributed by atoms with van der Waals surface area (Å²) in [5.74, 6) is 3.41. The smallest absolute Gasteiger partial charge is 0.245 e. The lowest BCUT2D eigenvalue weighted by Gasteiger charge is -2.34. The third kappa shape index (κ3) is 10.5. The van der Waals surface area contributed by atoms with E-state index in [9.17, 15) is 14.7 Å². The van der Waals surface area contributed by atoms with Gasteiger partial charge in [0.25, 0.3) is 0 Å². The lowest BCUT2D eigenvalue weighted by molar-refractivity contribution is -0.127. The average Bonchev–Trinajstić information content (AvgIpc) is 2.16. The van der Waals surface area contributed by atoms with E-state index in [0.29, 0.717) is 82.8 Å². The number of imidazole rings is 2. The Balaban J connectivity index is 0.000000158.